The van der Waals surface area contributed by atoms with Crippen LogP contribution in [0.5, 0.6) is 11.5 Å². The Bertz CT molecular complexity index is 1070. The number of benzene rings is 2. The third-order valence-corrected chi connectivity index (χ3v) is 5.56. The molecule has 2 aromatic carbocycles. The molecule has 1 aliphatic heterocycles. The molecule has 0 radical (unpaired) electrons. The van der Waals surface area contributed by atoms with Gasteiger partial charge in [-0.15, -0.1) is 0 Å². The van der Waals surface area contributed by atoms with Crippen LogP contribution in [0, 0.1) is 0 Å². The molecule has 0 aliphatic carbocycles. The van der Waals surface area contributed by atoms with Gasteiger partial charge in [0.1, 0.15) is 18.1 Å². The van der Waals surface area contributed by atoms with Gasteiger partial charge in [0, 0.05) is 24.8 Å². The van der Waals surface area contributed by atoms with Gasteiger partial charge in [-0.2, -0.15) is 5.10 Å². The number of nitrogens with zero attached hydrogens (tertiary/aromatic N) is 2. The van der Waals surface area contributed by atoms with E-state index in [1.54, 1.807) is 13.3 Å². The van der Waals surface area contributed by atoms with Crippen molar-refractivity contribution < 1.29 is 14.3 Å². The van der Waals surface area contributed by atoms with E-state index in [4.69, 9.17) is 9.47 Å². The summed E-state index contributed by atoms with van der Waals surface area (Å²) in [5, 5.41) is 13.2. The summed E-state index contributed by atoms with van der Waals surface area (Å²) in [6, 6.07) is 11.4. The first-order valence-electron chi connectivity index (χ1n) is 10.6. The number of ether oxygens (including phenoxy) is 2. The first-order valence-corrected chi connectivity index (χ1v) is 10.6. The van der Waals surface area contributed by atoms with Gasteiger partial charge < -0.3 is 25.0 Å². The Balaban J connectivity index is 1.51. The Morgan fingerprint density at radius 1 is 1.19 bits per heavy atom. The van der Waals surface area contributed by atoms with Crippen molar-refractivity contribution in [3.05, 3.63) is 59.9 Å². The molecular formula is C24H29N5O3. The molecule has 3 aromatic rings. The number of rotatable bonds is 8. The molecule has 8 nitrogen and oxygen atoms in total. The summed E-state index contributed by atoms with van der Waals surface area (Å²) in [5.41, 5.74) is 4.89. The maximum atomic E-state index is 13.1. The van der Waals surface area contributed by atoms with Gasteiger partial charge >= 0.3 is 0 Å². The largest absolute Gasteiger partial charge is 0.497 e. The second-order valence-electron chi connectivity index (χ2n) is 8.11. The molecule has 0 fully saturated rings. The summed E-state index contributed by atoms with van der Waals surface area (Å²) in [6.45, 7) is 1.93. The molecule has 0 saturated heterocycles. The highest BCUT2D eigenvalue weighted by Gasteiger charge is 2.25. The van der Waals surface area contributed by atoms with E-state index in [9.17, 15) is 4.79 Å². The molecule has 1 amide bonds. The van der Waals surface area contributed by atoms with Gasteiger partial charge in [0.15, 0.2) is 0 Å². The van der Waals surface area contributed by atoms with Crippen LogP contribution in [0.3, 0.4) is 0 Å². The van der Waals surface area contributed by atoms with Crippen LogP contribution in [0.4, 0.5) is 5.69 Å². The number of hydrogen-bond acceptors (Lipinski definition) is 6. The van der Waals surface area contributed by atoms with Crippen molar-refractivity contribution in [3.63, 3.8) is 0 Å². The van der Waals surface area contributed by atoms with E-state index in [1.807, 2.05) is 56.7 Å². The van der Waals surface area contributed by atoms with Crippen LogP contribution >= 0.6 is 0 Å². The zero-order valence-corrected chi connectivity index (χ0v) is 18.6. The van der Waals surface area contributed by atoms with Gasteiger partial charge in [-0.05, 0) is 61.5 Å². The lowest BCUT2D eigenvalue weighted by Crippen LogP contribution is -2.44. The van der Waals surface area contributed by atoms with E-state index in [-0.39, 0.29) is 11.9 Å². The molecule has 0 unspecified atom stereocenters. The highest BCUT2D eigenvalue weighted by Crippen LogP contribution is 2.31. The molecule has 4 rings (SSSR count). The van der Waals surface area contributed by atoms with Crippen LogP contribution < -0.4 is 20.1 Å². The van der Waals surface area contributed by atoms with Gasteiger partial charge in [-0.1, -0.05) is 12.1 Å². The normalized spacial score (nSPS) is 15.3. The summed E-state index contributed by atoms with van der Waals surface area (Å²) >= 11 is 0. The second kappa shape index (κ2) is 9.84. The molecular weight excluding hydrogens is 406 g/mol. The number of anilines is 1. The number of amides is 1. The van der Waals surface area contributed by atoms with Crippen LogP contribution in [-0.2, 0) is 17.8 Å². The quantitative estimate of drug-likeness (QED) is 0.504. The molecule has 8 heteroatoms. The summed E-state index contributed by atoms with van der Waals surface area (Å²) in [5.74, 6) is 1.35. The fourth-order valence-electron chi connectivity index (χ4n) is 3.69. The fraction of sp³-hybridized carbons (Fsp3) is 0.333. The predicted octanol–water partition coefficient (Wildman–Crippen LogP) is 2.68. The molecule has 0 saturated carbocycles. The Kier molecular flexibility index (Phi) is 6.72. The maximum Gasteiger partial charge on any atom is 0.241 e. The van der Waals surface area contributed by atoms with Crippen molar-refractivity contribution in [1.82, 2.24) is 20.4 Å². The Morgan fingerprint density at radius 3 is 2.81 bits per heavy atom. The minimum atomic E-state index is -0.335. The number of carbonyl (C=O) groups excluding carboxylic acids is 1. The van der Waals surface area contributed by atoms with Gasteiger partial charge in [-0.25, -0.2) is 0 Å². The molecule has 0 spiro atoms. The molecule has 1 atom stereocenters. The minimum Gasteiger partial charge on any atom is -0.497 e. The van der Waals surface area contributed by atoms with Crippen molar-refractivity contribution >= 4 is 11.6 Å². The lowest BCUT2D eigenvalue weighted by Gasteiger charge is -2.26. The van der Waals surface area contributed by atoms with Gasteiger partial charge in [0.05, 0.1) is 25.0 Å². The number of H-pyrrole nitrogens is 1. The summed E-state index contributed by atoms with van der Waals surface area (Å²) < 4.78 is 11.4. The third-order valence-electron chi connectivity index (χ3n) is 5.56. The van der Waals surface area contributed by atoms with Crippen LogP contribution in [0.2, 0.25) is 0 Å². The second-order valence-corrected chi connectivity index (χ2v) is 8.11. The van der Waals surface area contributed by atoms with E-state index in [1.165, 1.54) is 5.56 Å². The first-order chi connectivity index (χ1) is 15.5. The molecule has 1 aromatic heterocycles. The molecule has 3 N–H and O–H groups in total. The topological polar surface area (TPSA) is 91.5 Å². The lowest BCUT2D eigenvalue weighted by molar-refractivity contribution is -0.118. The van der Waals surface area contributed by atoms with Gasteiger partial charge in [-0.3, -0.25) is 9.89 Å². The van der Waals surface area contributed by atoms with Crippen LogP contribution in [0.15, 0.2) is 48.8 Å². The maximum absolute atomic E-state index is 13.1. The average molecular weight is 436 g/mol. The van der Waals surface area contributed by atoms with Crippen LogP contribution in [0.1, 0.15) is 11.1 Å². The number of methoxy groups -OCH3 is 1. The van der Waals surface area contributed by atoms with Crippen molar-refractivity contribution in [2.45, 2.75) is 19.0 Å². The summed E-state index contributed by atoms with van der Waals surface area (Å²) in [6.07, 6.45) is 4.19. The van der Waals surface area contributed by atoms with E-state index in [0.717, 1.165) is 29.0 Å². The number of hydrogen-bond donors (Lipinski definition) is 3. The number of likely N-dealkylation sites (N-methyl/N-ethyl adjacent to an activating group) is 1. The number of fused-ring (bicyclic) bond motifs is 1. The number of aromatic amines is 1. The average Bonchev–Trinajstić information content (AvgIpc) is 3.34. The molecule has 32 heavy (non-hydrogen) atoms. The fourth-order valence-corrected chi connectivity index (χ4v) is 3.69. The number of carbonyl (C=O) groups is 1. The minimum absolute atomic E-state index is 0.0907. The smallest absolute Gasteiger partial charge is 0.241 e. The van der Waals surface area contributed by atoms with Crippen molar-refractivity contribution in [1.29, 1.82) is 0 Å². The standard InChI is InChI=1S/C24H29N5O3/c1-29(2)8-9-32-23-12-16(19-14-26-27-15-19)5-7-21(23)28-24(30)22-11-18-10-20(31-3)6-4-17(18)13-25-22/h4-7,10,12,14-15,22,25H,8-9,11,13H2,1-3H3,(H,26,27)(H,28,30)/t22-/m0/s1. The van der Waals surface area contributed by atoms with E-state index in [2.05, 4.69) is 25.7 Å². The lowest BCUT2D eigenvalue weighted by atomic mass is 9.95. The predicted molar refractivity (Wildman–Crippen MR) is 124 cm³/mol. The van der Waals surface area contributed by atoms with E-state index < -0.39 is 0 Å². The Labute approximate surface area is 187 Å². The summed E-state index contributed by atoms with van der Waals surface area (Å²) in [4.78, 5) is 15.1. The SMILES string of the molecule is COc1ccc2c(c1)C[C@@H](C(=O)Nc1ccc(-c3cn[nH]c3)cc1OCCN(C)C)NC2. The first kappa shape index (κ1) is 21.9. The van der Waals surface area contributed by atoms with E-state index in [0.29, 0.717) is 31.0 Å². The number of aromatic nitrogens is 2. The van der Waals surface area contributed by atoms with Crippen LogP contribution in [-0.4, -0.2) is 61.4 Å². The Hall–Kier alpha value is -3.36. The van der Waals surface area contributed by atoms with Crippen molar-refractivity contribution in [3.8, 4) is 22.6 Å². The molecule has 0 bridgehead atoms. The van der Waals surface area contributed by atoms with E-state index >= 15 is 0 Å². The van der Waals surface area contributed by atoms with Gasteiger partial charge in [0.25, 0.3) is 0 Å². The molecule has 2 heterocycles. The zero-order valence-electron chi connectivity index (χ0n) is 18.6. The zero-order chi connectivity index (χ0) is 22.5. The highest BCUT2D eigenvalue weighted by atomic mass is 16.5. The molecule has 1 aliphatic rings. The Morgan fingerprint density at radius 2 is 2.06 bits per heavy atom. The monoisotopic (exact) mass is 435 g/mol. The summed E-state index contributed by atoms with van der Waals surface area (Å²) in [7, 11) is 5.64. The van der Waals surface area contributed by atoms with Crippen LogP contribution in [0.25, 0.3) is 11.1 Å². The molecule has 168 valence electrons. The highest BCUT2D eigenvalue weighted by molar-refractivity contribution is 5.97. The van der Waals surface area contributed by atoms with Crippen molar-refractivity contribution in [2.24, 2.45) is 0 Å². The third kappa shape index (κ3) is 5.09. The number of nitrogens with one attached hydrogen (secondary N) is 3. The van der Waals surface area contributed by atoms with Gasteiger partial charge in [0.2, 0.25) is 5.91 Å². The van der Waals surface area contributed by atoms with Crippen molar-refractivity contribution in [2.75, 3.05) is 39.7 Å².